The molecule has 0 radical (unpaired) electrons. The van der Waals surface area contributed by atoms with Crippen molar-refractivity contribution in [3.63, 3.8) is 0 Å². The minimum Gasteiger partial charge on any atom is -0.334 e. The van der Waals surface area contributed by atoms with Crippen LogP contribution in [0.25, 0.3) is 11.0 Å². The first kappa shape index (κ1) is 17.9. The molecule has 7 heteroatoms. The summed E-state index contributed by atoms with van der Waals surface area (Å²) < 4.78 is 2.51. The second-order valence-electron chi connectivity index (χ2n) is 7.84. The molecule has 0 spiro atoms. The number of pyridine rings is 1. The maximum absolute atomic E-state index is 13.1. The third-order valence-electron chi connectivity index (χ3n) is 6.15. The predicted octanol–water partition coefficient (Wildman–Crippen LogP) is 1.88. The van der Waals surface area contributed by atoms with Crippen LogP contribution in [0, 0.1) is 5.92 Å². The normalized spacial score (nSPS) is 21.1. The van der Waals surface area contributed by atoms with Crippen molar-refractivity contribution in [2.75, 3.05) is 6.54 Å². The molecule has 2 aromatic rings. The van der Waals surface area contributed by atoms with Gasteiger partial charge in [0.2, 0.25) is 5.91 Å². The number of aromatic nitrogens is 3. The number of hydrogen-bond acceptors (Lipinski definition) is 4. The molecule has 2 aromatic heterocycles. The molecule has 3 heterocycles. The van der Waals surface area contributed by atoms with Gasteiger partial charge in [0.05, 0.1) is 17.1 Å². The summed E-state index contributed by atoms with van der Waals surface area (Å²) in [4.78, 5) is 44.4. The highest BCUT2D eigenvalue weighted by Gasteiger charge is 2.34. The van der Waals surface area contributed by atoms with Gasteiger partial charge in [-0.25, -0.2) is 9.78 Å². The molecule has 4 rings (SSSR count). The van der Waals surface area contributed by atoms with Gasteiger partial charge in [0, 0.05) is 26.6 Å². The van der Waals surface area contributed by atoms with E-state index in [0.29, 0.717) is 11.0 Å². The second-order valence-corrected chi connectivity index (χ2v) is 7.84. The minimum atomic E-state index is -0.389. The third kappa shape index (κ3) is 2.99. The van der Waals surface area contributed by atoms with Crippen molar-refractivity contribution in [3.8, 4) is 0 Å². The number of rotatable bonds is 2. The van der Waals surface area contributed by atoms with Gasteiger partial charge in [-0.1, -0.05) is 12.8 Å². The Labute approximate surface area is 157 Å². The van der Waals surface area contributed by atoms with Gasteiger partial charge >= 0.3 is 5.69 Å². The third-order valence-corrected chi connectivity index (χ3v) is 6.15. The molecule has 1 aliphatic carbocycles. The highest BCUT2D eigenvalue weighted by atomic mass is 16.2. The molecule has 144 valence electrons. The number of likely N-dealkylation sites (tertiary alicyclic amines) is 1. The van der Waals surface area contributed by atoms with Crippen molar-refractivity contribution in [2.45, 2.75) is 51.0 Å². The Bertz CT molecular complexity index is 1000. The number of fused-ring (bicyclic) bond motifs is 1. The van der Waals surface area contributed by atoms with Gasteiger partial charge in [0.1, 0.15) is 5.65 Å². The van der Waals surface area contributed by atoms with E-state index in [4.69, 9.17) is 0 Å². The first-order chi connectivity index (χ1) is 13.0. The zero-order valence-corrected chi connectivity index (χ0v) is 16.0. The average molecular weight is 370 g/mol. The molecule has 1 saturated heterocycles. The maximum Gasteiger partial charge on any atom is 0.332 e. The molecule has 1 unspecified atom stereocenters. The summed E-state index contributed by atoms with van der Waals surface area (Å²) in [6, 6.07) is 3.51. The van der Waals surface area contributed by atoms with E-state index in [-0.39, 0.29) is 29.1 Å². The van der Waals surface area contributed by atoms with Gasteiger partial charge in [0.25, 0.3) is 5.56 Å². The summed E-state index contributed by atoms with van der Waals surface area (Å²) >= 11 is 0. The van der Waals surface area contributed by atoms with Crippen molar-refractivity contribution in [1.29, 1.82) is 0 Å². The lowest BCUT2D eigenvalue weighted by atomic mass is 9.95. The Kier molecular flexibility index (Phi) is 4.61. The smallest absolute Gasteiger partial charge is 0.332 e. The van der Waals surface area contributed by atoms with E-state index in [1.54, 1.807) is 13.1 Å². The number of piperidine rings is 1. The quantitative estimate of drug-likeness (QED) is 0.809. The van der Waals surface area contributed by atoms with Crippen LogP contribution in [0.2, 0.25) is 0 Å². The maximum atomic E-state index is 13.1. The molecule has 7 nitrogen and oxygen atoms in total. The molecule has 1 atom stereocenters. The fourth-order valence-corrected chi connectivity index (χ4v) is 4.56. The Hall–Kier alpha value is -2.44. The van der Waals surface area contributed by atoms with Crippen LogP contribution in [-0.2, 0) is 18.9 Å². The van der Waals surface area contributed by atoms with Crippen molar-refractivity contribution in [2.24, 2.45) is 20.0 Å². The zero-order valence-electron chi connectivity index (χ0n) is 16.0. The highest BCUT2D eigenvalue weighted by molar-refractivity contribution is 5.80. The summed E-state index contributed by atoms with van der Waals surface area (Å²) in [7, 11) is 3.10. The number of amides is 1. The Balaban J connectivity index is 1.76. The number of nitrogens with zero attached hydrogens (tertiary/aromatic N) is 4. The monoisotopic (exact) mass is 370 g/mol. The van der Waals surface area contributed by atoms with E-state index >= 15 is 0 Å². The molecular formula is C20H26N4O3. The van der Waals surface area contributed by atoms with Crippen LogP contribution in [0.4, 0.5) is 0 Å². The number of hydrogen-bond donors (Lipinski definition) is 0. The fourth-order valence-electron chi connectivity index (χ4n) is 4.56. The van der Waals surface area contributed by atoms with E-state index in [0.717, 1.165) is 61.8 Å². The van der Waals surface area contributed by atoms with E-state index in [1.165, 1.54) is 11.6 Å². The predicted molar refractivity (Wildman–Crippen MR) is 102 cm³/mol. The lowest BCUT2D eigenvalue weighted by Gasteiger charge is -2.37. The van der Waals surface area contributed by atoms with Crippen LogP contribution in [0.3, 0.4) is 0 Å². The molecular weight excluding hydrogens is 344 g/mol. The fraction of sp³-hybridized carbons (Fsp3) is 0.600. The molecule has 0 N–H and O–H groups in total. The van der Waals surface area contributed by atoms with Crippen molar-refractivity contribution in [3.05, 3.63) is 38.7 Å². The molecule has 0 bridgehead atoms. The van der Waals surface area contributed by atoms with Crippen LogP contribution in [0.1, 0.15) is 56.7 Å². The van der Waals surface area contributed by atoms with E-state index < -0.39 is 0 Å². The molecule has 1 saturated carbocycles. The molecule has 0 aromatic carbocycles. The summed E-state index contributed by atoms with van der Waals surface area (Å²) in [5.74, 6) is 0.389. The summed E-state index contributed by atoms with van der Waals surface area (Å²) in [6.07, 6.45) is 7.17. The van der Waals surface area contributed by atoms with Gasteiger partial charge in [0.15, 0.2) is 0 Å². The van der Waals surface area contributed by atoms with Crippen LogP contribution in [0.15, 0.2) is 21.7 Å². The second kappa shape index (κ2) is 6.94. The van der Waals surface area contributed by atoms with Gasteiger partial charge in [-0.3, -0.25) is 18.7 Å². The first-order valence-electron chi connectivity index (χ1n) is 9.86. The van der Waals surface area contributed by atoms with Gasteiger partial charge < -0.3 is 4.90 Å². The van der Waals surface area contributed by atoms with Gasteiger partial charge in [-0.15, -0.1) is 0 Å². The first-order valence-corrected chi connectivity index (χ1v) is 9.86. The molecule has 1 amide bonds. The number of carbonyl (C=O) groups is 1. The van der Waals surface area contributed by atoms with E-state index in [1.807, 2.05) is 11.0 Å². The average Bonchev–Trinajstić information content (AvgIpc) is 3.24. The Morgan fingerprint density at radius 1 is 1.00 bits per heavy atom. The number of aryl methyl sites for hydroxylation is 1. The lowest BCUT2D eigenvalue weighted by molar-refractivity contribution is -0.139. The van der Waals surface area contributed by atoms with Crippen LogP contribution >= 0.6 is 0 Å². The standard InChI is InChI=1S/C20H26N4O3/c1-22-17-14(19(26)23(2)20(22)27)10-11-15(21-17)16-9-5-6-12-24(16)18(25)13-7-3-4-8-13/h10-11,13,16H,3-9,12H2,1-2H3. The largest absolute Gasteiger partial charge is 0.334 e. The van der Waals surface area contributed by atoms with Crippen LogP contribution in [0.5, 0.6) is 0 Å². The molecule has 1 aliphatic heterocycles. The van der Waals surface area contributed by atoms with Gasteiger partial charge in [-0.05, 0) is 44.2 Å². The van der Waals surface area contributed by atoms with Crippen molar-refractivity contribution < 1.29 is 4.79 Å². The van der Waals surface area contributed by atoms with Crippen molar-refractivity contribution in [1.82, 2.24) is 19.0 Å². The Morgan fingerprint density at radius 3 is 2.44 bits per heavy atom. The molecule has 27 heavy (non-hydrogen) atoms. The summed E-state index contributed by atoms with van der Waals surface area (Å²) in [5.41, 5.74) is 0.436. The van der Waals surface area contributed by atoms with Gasteiger partial charge in [-0.2, -0.15) is 0 Å². The molecule has 2 fully saturated rings. The topological polar surface area (TPSA) is 77.2 Å². The van der Waals surface area contributed by atoms with E-state index in [2.05, 4.69) is 4.98 Å². The number of carbonyl (C=O) groups excluding carboxylic acids is 1. The molecule has 2 aliphatic rings. The van der Waals surface area contributed by atoms with E-state index in [9.17, 15) is 14.4 Å². The lowest BCUT2D eigenvalue weighted by Crippen LogP contribution is -2.42. The SMILES string of the molecule is Cn1c(=O)c2ccc(C3CCCCN3C(=O)C3CCCC3)nc2n(C)c1=O. The van der Waals surface area contributed by atoms with Crippen LogP contribution < -0.4 is 11.2 Å². The van der Waals surface area contributed by atoms with Crippen molar-refractivity contribution >= 4 is 16.9 Å². The summed E-state index contributed by atoms with van der Waals surface area (Å²) in [5, 5.41) is 0.424. The zero-order chi connectivity index (χ0) is 19.1. The minimum absolute atomic E-state index is 0.0737. The highest BCUT2D eigenvalue weighted by Crippen LogP contribution is 2.35. The summed E-state index contributed by atoms with van der Waals surface area (Å²) in [6.45, 7) is 0.759. The van der Waals surface area contributed by atoms with Crippen LogP contribution in [-0.4, -0.2) is 31.5 Å². The Morgan fingerprint density at radius 2 is 1.70 bits per heavy atom.